The van der Waals surface area contributed by atoms with Gasteiger partial charge in [0, 0.05) is 35.6 Å². The third kappa shape index (κ3) is 1.62. The predicted molar refractivity (Wildman–Crippen MR) is 152 cm³/mol. The van der Waals surface area contributed by atoms with E-state index in [0.29, 0.717) is 0 Å². The molecule has 1 heterocycles. The van der Waals surface area contributed by atoms with Crippen molar-refractivity contribution in [2.45, 2.75) is 22.7 Å². The number of rotatable bonds is 3. The van der Waals surface area contributed by atoms with Crippen LogP contribution in [0, 0.1) is 22.7 Å². The minimum atomic E-state index is -0.815. The summed E-state index contributed by atoms with van der Waals surface area (Å²) in [6.07, 6.45) is 2.39. The topological polar surface area (TPSA) is 37.4 Å². The predicted octanol–water partition coefficient (Wildman–Crippen LogP) is 6.09. The highest BCUT2D eigenvalue weighted by Gasteiger charge is 3.08. The largest absolute Gasteiger partial charge is 0.285 e. The Bertz CT molecular complexity index is 1850. The van der Waals surface area contributed by atoms with E-state index in [4.69, 9.17) is 0 Å². The van der Waals surface area contributed by atoms with Crippen LogP contribution in [0.5, 0.6) is 0 Å². The maximum Gasteiger partial charge on any atom is 0.237 e. The number of hydrogen-bond acceptors (Lipinski definition) is 2. The molecule has 6 bridgehead atoms. The van der Waals surface area contributed by atoms with E-state index in [1.165, 1.54) is 38.3 Å². The van der Waals surface area contributed by atoms with Crippen LogP contribution < -0.4 is 0 Å². The van der Waals surface area contributed by atoms with E-state index in [-0.39, 0.29) is 35.5 Å². The molecule has 8 unspecified atom stereocenters. The molecule has 11 rings (SSSR count). The van der Waals surface area contributed by atoms with Gasteiger partial charge in [-0.1, -0.05) is 121 Å². The molecule has 3 nitrogen and oxygen atoms in total. The van der Waals surface area contributed by atoms with E-state index in [9.17, 15) is 4.79 Å². The van der Waals surface area contributed by atoms with E-state index in [1.54, 1.807) is 7.05 Å². The highest BCUT2D eigenvalue weighted by atomic mass is 16.2. The molecule has 4 aromatic rings. The van der Waals surface area contributed by atoms with Crippen LogP contribution >= 0.6 is 0 Å². The van der Waals surface area contributed by atoms with Crippen molar-refractivity contribution >= 4 is 17.4 Å². The van der Waals surface area contributed by atoms with Crippen molar-refractivity contribution in [1.29, 1.82) is 0 Å². The zero-order valence-electron chi connectivity index (χ0n) is 22.1. The van der Waals surface area contributed by atoms with E-state index < -0.39 is 21.7 Å². The van der Waals surface area contributed by atoms with E-state index in [2.05, 4.69) is 121 Å². The van der Waals surface area contributed by atoms with Crippen molar-refractivity contribution in [2.24, 2.45) is 22.7 Å². The molecule has 0 N–H and O–H groups in total. The van der Waals surface area contributed by atoms with E-state index in [0.717, 1.165) is 0 Å². The molecule has 0 radical (unpaired) electrons. The first kappa shape index (κ1) is 21.6. The fourth-order valence-electron chi connectivity index (χ4n) is 12.0. The summed E-state index contributed by atoms with van der Waals surface area (Å²) >= 11 is 0. The number of amides is 2. The molecule has 5 fully saturated rings. The first-order valence-electron chi connectivity index (χ1n) is 14.4. The number of nitrogens with zero attached hydrogens (tertiary/aromatic N) is 1. The zero-order chi connectivity index (χ0) is 26.6. The summed E-state index contributed by atoms with van der Waals surface area (Å²) in [7, 11) is 1.74. The first-order valence-corrected chi connectivity index (χ1v) is 14.4. The molecular weight excluding hydrogens is 490 g/mol. The molecule has 1 saturated heterocycles. The maximum absolute atomic E-state index is 15.0. The second-order valence-electron chi connectivity index (χ2n) is 12.7. The van der Waals surface area contributed by atoms with Crippen LogP contribution in [0.15, 0.2) is 121 Å². The second kappa shape index (κ2) is 6.39. The van der Waals surface area contributed by atoms with Crippen molar-refractivity contribution in [3.05, 3.63) is 149 Å². The van der Waals surface area contributed by atoms with Crippen molar-refractivity contribution < 1.29 is 9.59 Å². The number of allylic oxidation sites excluding steroid dienone is 2. The molecule has 1 aliphatic heterocycles. The van der Waals surface area contributed by atoms with Gasteiger partial charge in [-0.3, -0.25) is 14.5 Å². The Kier molecular flexibility index (Phi) is 3.44. The van der Waals surface area contributed by atoms with E-state index in [1.807, 2.05) is 0 Å². The Hall–Kier alpha value is -4.24. The first-order chi connectivity index (χ1) is 19.6. The average molecular weight is 518 g/mol. The van der Waals surface area contributed by atoms with Gasteiger partial charge >= 0.3 is 0 Å². The Morgan fingerprint density at radius 3 is 1.80 bits per heavy atom. The number of fused-ring (bicyclic) bond motifs is 2. The Morgan fingerprint density at radius 1 is 0.600 bits per heavy atom. The number of imide groups is 1. The van der Waals surface area contributed by atoms with Gasteiger partial charge in [0.15, 0.2) is 0 Å². The van der Waals surface area contributed by atoms with Gasteiger partial charge in [0.2, 0.25) is 11.8 Å². The fraction of sp³-hybridized carbons (Fsp3) is 0.243. The number of hydrogen-bond donors (Lipinski definition) is 0. The van der Waals surface area contributed by atoms with E-state index >= 15 is 4.79 Å². The third-order valence-corrected chi connectivity index (χ3v) is 12.3. The summed E-state index contributed by atoms with van der Waals surface area (Å²) in [5.41, 5.74) is 4.87. The molecule has 6 aliphatic carbocycles. The monoisotopic (exact) mass is 517 g/mol. The standard InChI is InChI=1S/C37H27NO2/c1-38-32(39)35-28-21-27(22-13-5-2-6-14-22)34(28,23-15-7-3-8-16-23)36(24-17-9-4-10-18-24)31-29(35)25-19-11-12-20-26(25)30(31)37(35,36)33(38)40/h2-21,28-31H,1H3. The molecular formula is C37H27NO2. The molecule has 40 heavy (non-hydrogen) atoms. The van der Waals surface area contributed by atoms with Crippen molar-refractivity contribution in [3.63, 3.8) is 0 Å². The van der Waals surface area contributed by atoms with Gasteiger partial charge in [-0.25, -0.2) is 0 Å². The molecule has 4 saturated carbocycles. The van der Waals surface area contributed by atoms with Crippen molar-refractivity contribution in [3.8, 4) is 0 Å². The maximum atomic E-state index is 15.0. The number of likely N-dealkylation sites (tertiary alicyclic amines) is 1. The van der Waals surface area contributed by atoms with Crippen LogP contribution in [-0.4, -0.2) is 23.8 Å². The minimum absolute atomic E-state index is 0.0325. The molecule has 192 valence electrons. The zero-order valence-corrected chi connectivity index (χ0v) is 22.1. The van der Waals surface area contributed by atoms with Crippen LogP contribution in [0.25, 0.3) is 5.57 Å². The van der Waals surface area contributed by atoms with Crippen LogP contribution in [0.3, 0.4) is 0 Å². The highest BCUT2D eigenvalue weighted by molar-refractivity contribution is 6.19. The summed E-state index contributed by atoms with van der Waals surface area (Å²) in [6, 6.07) is 41.0. The lowest BCUT2D eigenvalue weighted by molar-refractivity contribution is -0.155. The van der Waals surface area contributed by atoms with Gasteiger partial charge in [0.05, 0.1) is 10.8 Å². The Balaban J connectivity index is 1.42. The second-order valence-corrected chi connectivity index (χ2v) is 12.7. The van der Waals surface area contributed by atoms with Crippen LogP contribution in [0.1, 0.15) is 39.7 Å². The van der Waals surface area contributed by atoms with Gasteiger partial charge in [0.1, 0.15) is 0 Å². The molecule has 3 heteroatoms. The number of carbonyl (C=O) groups excluding carboxylic acids is 2. The van der Waals surface area contributed by atoms with Crippen LogP contribution in [0.4, 0.5) is 0 Å². The minimum Gasteiger partial charge on any atom is -0.285 e. The number of carbonyl (C=O) groups is 2. The number of benzene rings is 4. The van der Waals surface area contributed by atoms with Crippen LogP contribution in [0.2, 0.25) is 0 Å². The SMILES string of the molecule is CN1C(=O)C23C4c5ccccc5C5C4C(c4ccccc4)(C4(c6ccccc6)C(c6ccccc6)=CC42)C53C1=O. The molecule has 0 aromatic heterocycles. The van der Waals surface area contributed by atoms with Crippen LogP contribution in [-0.2, 0) is 20.4 Å². The van der Waals surface area contributed by atoms with Crippen molar-refractivity contribution in [2.75, 3.05) is 7.05 Å². The van der Waals surface area contributed by atoms with Crippen molar-refractivity contribution in [1.82, 2.24) is 4.90 Å². The Labute approximate surface area is 233 Å². The molecule has 2 amide bonds. The summed E-state index contributed by atoms with van der Waals surface area (Å²) in [6.45, 7) is 0. The molecule has 8 atom stereocenters. The lowest BCUT2D eigenvalue weighted by Crippen LogP contribution is -2.72. The van der Waals surface area contributed by atoms with Gasteiger partial charge < -0.3 is 0 Å². The van der Waals surface area contributed by atoms with Gasteiger partial charge in [-0.2, -0.15) is 0 Å². The highest BCUT2D eigenvalue weighted by Crippen LogP contribution is 3.04. The van der Waals surface area contributed by atoms with Gasteiger partial charge in [0.25, 0.3) is 0 Å². The Morgan fingerprint density at radius 2 is 1.15 bits per heavy atom. The summed E-state index contributed by atoms with van der Waals surface area (Å²) < 4.78 is 0. The molecule has 1 spiro atoms. The fourth-order valence-corrected chi connectivity index (χ4v) is 12.0. The normalized spacial score (nSPS) is 40.2. The smallest absolute Gasteiger partial charge is 0.237 e. The quantitative estimate of drug-likeness (QED) is 0.309. The molecule has 7 aliphatic rings. The molecule has 4 aromatic carbocycles. The lowest BCUT2D eigenvalue weighted by atomic mass is 9.31. The third-order valence-electron chi connectivity index (χ3n) is 12.3. The van der Waals surface area contributed by atoms with Gasteiger partial charge in [-0.15, -0.1) is 0 Å². The summed E-state index contributed by atoms with van der Waals surface area (Å²) in [5, 5.41) is 0. The van der Waals surface area contributed by atoms with Gasteiger partial charge in [-0.05, 0) is 39.3 Å². The lowest BCUT2D eigenvalue weighted by Gasteiger charge is -2.69. The summed E-state index contributed by atoms with van der Waals surface area (Å²) in [4.78, 5) is 31.4. The average Bonchev–Trinajstić information content (AvgIpc) is 3.63. The summed E-state index contributed by atoms with van der Waals surface area (Å²) in [5.74, 6) is 0.257.